The topological polar surface area (TPSA) is 38.0 Å². The first kappa shape index (κ1) is 8.27. The Bertz CT molecular complexity index is 208. The first-order valence-electron chi connectivity index (χ1n) is 4.00. The van der Waals surface area contributed by atoms with E-state index >= 15 is 0 Å². The lowest BCUT2D eigenvalue weighted by Crippen LogP contribution is -2.03. The fourth-order valence-corrected chi connectivity index (χ4v) is 1.12. The van der Waals surface area contributed by atoms with Crippen molar-refractivity contribution in [2.24, 2.45) is 0 Å². The van der Waals surface area contributed by atoms with Crippen molar-refractivity contribution >= 4 is 0 Å². The van der Waals surface area contributed by atoms with Crippen LogP contribution in [-0.2, 0) is 13.0 Å². The normalized spacial score (nSPS) is 10.4. The second-order valence-electron chi connectivity index (χ2n) is 2.47. The maximum absolute atomic E-state index is 8.60. The second-order valence-corrected chi connectivity index (χ2v) is 2.47. The standard InChI is InChI=1S/C8H14N2O/c1-2-10-8(4-3-7-11)5-6-9-10/h5-6,11H,2-4,7H2,1H3. The molecule has 3 nitrogen and oxygen atoms in total. The van der Waals surface area contributed by atoms with Crippen molar-refractivity contribution in [3.8, 4) is 0 Å². The van der Waals surface area contributed by atoms with E-state index in [0.29, 0.717) is 0 Å². The van der Waals surface area contributed by atoms with E-state index in [-0.39, 0.29) is 6.61 Å². The molecule has 1 aromatic rings. The van der Waals surface area contributed by atoms with E-state index in [1.54, 1.807) is 6.20 Å². The molecule has 0 fully saturated rings. The molecule has 11 heavy (non-hydrogen) atoms. The minimum Gasteiger partial charge on any atom is -0.396 e. The van der Waals surface area contributed by atoms with Crippen molar-refractivity contribution in [2.45, 2.75) is 26.3 Å². The van der Waals surface area contributed by atoms with Gasteiger partial charge in [0.1, 0.15) is 0 Å². The van der Waals surface area contributed by atoms with Crippen LogP contribution in [0.3, 0.4) is 0 Å². The summed E-state index contributed by atoms with van der Waals surface area (Å²) in [7, 11) is 0. The molecule has 0 spiro atoms. The first-order chi connectivity index (χ1) is 5.38. The van der Waals surface area contributed by atoms with Crippen LogP contribution in [0.15, 0.2) is 12.3 Å². The highest BCUT2D eigenvalue weighted by molar-refractivity contribution is 5.00. The van der Waals surface area contributed by atoms with Gasteiger partial charge < -0.3 is 5.11 Å². The number of hydrogen-bond donors (Lipinski definition) is 1. The molecule has 0 radical (unpaired) electrons. The molecule has 1 N–H and O–H groups in total. The summed E-state index contributed by atoms with van der Waals surface area (Å²) in [6.45, 7) is 3.23. The third kappa shape index (κ3) is 2.05. The van der Waals surface area contributed by atoms with Crippen molar-refractivity contribution in [3.63, 3.8) is 0 Å². The lowest BCUT2D eigenvalue weighted by Gasteiger charge is -2.01. The minimum atomic E-state index is 0.259. The van der Waals surface area contributed by atoms with E-state index in [1.807, 2.05) is 10.7 Å². The largest absolute Gasteiger partial charge is 0.396 e. The van der Waals surface area contributed by atoms with Crippen LogP contribution in [0.1, 0.15) is 19.0 Å². The van der Waals surface area contributed by atoms with Crippen LogP contribution in [-0.4, -0.2) is 21.5 Å². The highest BCUT2D eigenvalue weighted by Gasteiger charge is 1.98. The molecular weight excluding hydrogens is 140 g/mol. The fraction of sp³-hybridized carbons (Fsp3) is 0.625. The number of hydrogen-bond acceptors (Lipinski definition) is 2. The fourth-order valence-electron chi connectivity index (χ4n) is 1.12. The molecule has 0 saturated carbocycles. The van der Waals surface area contributed by atoms with Gasteiger partial charge in [0.05, 0.1) is 0 Å². The van der Waals surface area contributed by atoms with Crippen molar-refractivity contribution < 1.29 is 5.11 Å². The molecule has 0 aliphatic carbocycles. The predicted octanol–water partition coefficient (Wildman–Crippen LogP) is 0.828. The van der Waals surface area contributed by atoms with Crippen LogP contribution in [0, 0.1) is 0 Å². The van der Waals surface area contributed by atoms with Crippen molar-refractivity contribution in [2.75, 3.05) is 6.61 Å². The molecule has 0 aromatic carbocycles. The number of aromatic nitrogens is 2. The Labute approximate surface area is 66.7 Å². The first-order valence-corrected chi connectivity index (χ1v) is 4.00. The van der Waals surface area contributed by atoms with Gasteiger partial charge in [0, 0.05) is 25.0 Å². The van der Waals surface area contributed by atoms with Crippen LogP contribution >= 0.6 is 0 Å². The molecule has 1 heterocycles. The smallest absolute Gasteiger partial charge is 0.0492 e. The van der Waals surface area contributed by atoms with Crippen LogP contribution in [0.4, 0.5) is 0 Å². The van der Waals surface area contributed by atoms with Gasteiger partial charge in [-0.1, -0.05) is 0 Å². The maximum Gasteiger partial charge on any atom is 0.0492 e. The van der Waals surface area contributed by atoms with Crippen molar-refractivity contribution in [1.82, 2.24) is 9.78 Å². The van der Waals surface area contributed by atoms with E-state index in [4.69, 9.17) is 5.11 Å². The molecule has 1 aromatic heterocycles. The average Bonchev–Trinajstić information content (AvgIpc) is 2.47. The molecular formula is C8H14N2O. The van der Waals surface area contributed by atoms with Gasteiger partial charge in [-0.15, -0.1) is 0 Å². The monoisotopic (exact) mass is 154 g/mol. The Morgan fingerprint density at radius 1 is 1.64 bits per heavy atom. The Balaban J connectivity index is 2.54. The van der Waals surface area contributed by atoms with Crippen molar-refractivity contribution in [1.29, 1.82) is 0 Å². The van der Waals surface area contributed by atoms with Gasteiger partial charge in [0.25, 0.3) is 0 Å². The lowest BCUT2D eigenvalue weighted by molar-refractivity contribution is 0.287. The van der Waals surface area contributed by atoms with Crippen LogP contribution < -0.4 is 0 Å². The SMILES string of the molecule is CCn1nccc1CCCO. The zero-order chi connectivity index (χ0) is 8.10. The summed E-state index contributed by atoms with van der Waals surface area (Å²) >= 11 is 0. The van der Waals surface area contributed by atoms with Gasteiger partial charge in [0.15, 0.2) is 0 Å². The van der Waals surface area contributed by atoms with Crippen LogP contribution in [0.25, 0.3) is 0 Å². The number of aliphatic hydroxyl groups is 1. The van der Waals surface area contributed by atoms with E-state index in [2.05, 4.69) is 12.0 Å². The van der Waals surface area contributed by atoms with E-state index < -0.39 is 0 Å². The summed E-state index contributed by atoms with van der Waals surface area (Å²) in [6, 6.07) is 2.00. The molecule has 0 aliphatic heterocycles. The maximum atomic E-state index is 8.60. The van der Waals surface area contributed by atoms with Crippen LogP contribution in [0.5, 0.6) is 0 Å². The molecule has 3 heteroatoms. The van der Waals surface area contributed by atoms with Crippen molar-refractivity contribution in [3.05, 3.63) is 18.0 Å². The molecule has 0 bridgehead atoms. The average molecular weight is 154 g/mol. The summed E-state index contributed by atoms with van der Waals surface area (Å²) in [5.41, 5.74) is 1.21. The number of aliphatic hydroxyl groups excluding tert-OH is 1. The Kier molecular flexibility index (Phi) is 3.11. The second kappa shape index (κ2) is 4.13. The van der Waals surface area contributed by atoms with E-state index in [9.17, 15) is 0 Å². The lowest BCUT2D eigenvalue weighted by atomic mass is 10.2. The molecule has 1 rings (SSSR count). The number of rotatable bonds is 4. The molecule has 0 unspecified atom stereocenters. The summed E-state index contributed by atoms with van der Waals surface area (Å²) < 4.78 is 1.95. The van der Waals surface area contributed by atoms with Gasteiger partial charge in [0.2, 0.25) is 0 Å². The van der Waals surface area contributed by atoms with Gasteiger partial charge >= 0.3 is 0 Å². The Hall–Kier alpha value is -0.830. The quantitative estimate of drug-likeness (QED) is 0.697. The summed E-state index contributed by atoms with van der Waals surface area (Å²) in [6.07, 6.45) is 3.55. The summed E-state index contributed by atoms with van der Waals surface area (Å²) in [5, 5.41) is 12.7. The van der Waals surface area contributed by atoms with Gasteiger partial charge in [-0.3, -0.25) is 4.68 Å². The van der Waals surface area contributed by atoms with E-state index in [0.717, 1.165) is 19.4 Å². The van der Waals surface area contributed by atoms with Gasteiger partial charge in [-0.05, 0) is 25.8 Å². The number of aryl methyl sites for hydroxylation is 2. The Morgan fingerprint density at radius 3 is 3.09 bits per heavy atom. The zero-order valence-corrected chi connectivity index (χ0v) is 6.82. The minimum absolute atomic E-state index is 0.259. The van der Waals surface area contributed by atoms with Crippen LogP contribution in [0.2, 0.25) is 0 Å². The highest BCUT2D eigenvalue weighted by Crippen LogP contribution is 2.01. The molecule has 0 amide bonds. The molecule has 0 saturated heterocycles. The molecule has 0 atom stereocenters. The van der Waals surface area contributed by atoms with Gasteiger partial charge in [-0.2, -0.15) is 5.10 Å². The Morgan fingerprint density at radius 2 is 2.45 bits per heavy atom. The summed E-state index contributed by atoms with van der Waals surface area (Å²) in [5.74, 6) is 0. The number of nitrogens with zero attached hydrogens (tertiary/aromatic N) is 2. The van der Waals surface area contributed by atoms with E-state index in [1.165, 1.54) is 5.69 Å². The molecule has 62 valence electrons. The highest BCUT2D eigenvalue weighted by atomic mass is 16.2. The predicted molar refractivity (Wildman–Crippen MR) is 43.3 cm³/mol. The zero-order valence-electron chi connectivity index (χ0n) is 6.82. The molecule has 0 aliphatic rings. The van der Waals surface area contributed by atoms with Gasteiger partial charge in [-0.25, -0.2) is 0 Å². The third-order valence-electron chi connectivity index (χ3n) is 1.70. The third-order valence-corrected chi connectivity index (χ3v) is 1.70. The summed E-state index contributed by atoms with van der Waals surface area (Å²) in [4.78, 5) is 0.